The van der Waals surface area contributed by atoms with Crippen molar-refractivity contribution in [2.45, 2.75) is 6.54 Å². The Hall–Kier alpha value is -2.74. The first-order chi connectivity index (χ1) is 9.63. The molecule has 0 aliphatic heterocycles. The molecule has 104 valence electrons. The van der Waals surface area contributed by atoms with E-state index in [0.29, 0.717) is 12.3 Å². The molecule has 2 N–H and O–H groups in total. The molecule has 0 aliphatic rings. The lowest BCUT2D eigenvalue weighted by Crippen LogP contribution is -2.00. The molecule has 0 radical (unpaired) electrons. The Balaban J connectivity index is 2.30. The highest BCUT2D eigenvalue weighted by atomic mass is 16.6. The van der Waals surface area contributed by atoms with Gasteiger partial charge in [0, 0.05) is 30.6 Å². The molecule has 0 atom stereocenters. The Morgan fingerprint density at radius 1 is 1.30 bits per heavy atom. The van der Waals surface area contributed by atoms with Gasteiger partial charge in [0.15, 0.2) is 11.5 Å². The summed E-state index contributed by atoms with van der Waals surface area (Å²) in [6, 6.07) is 4.08. The summed E-state index contributed by atoms with van der Waals surface area (Å²) in [5, 5.41) is 10.8. The van der Waals surface area contributed by atoms with E-state index in [4.69, 9.17) is 15.2 Å². The highest BCUT2D eigenvalue weighted by molar-refractivity contribution is 5.49. The van der Waals surface area contributed by atoms with Crippen molar-refractivity contribution in [2.24, 2.45) is 5.73 Å². The summed E-state index contributed by atoms with van der Waals surface area (Å²) in [6.45, 7) is 0.320. The standard InChI is InChI=1S/C12H12N4O4/c1-19-10-3-2-9(16(17)18)4-11(10)20-12-14-6-8(5-13)7-15-12/h2-4,6-7H,5,13H2,1H3. The SMILES string of the molecule is COc1ccc([N+](=O)[O-])cc1Oc1ncc(CN)cn1. The number of nitro groups is 1. The number of hydrogen-bond donors (Lipinski definition) is 1. The maximum Gasteiger partial charge on any atom is 0.322 e. The van der Waals surface area contributed by atoms with Crippen LogP contribution in [0.3, 0.4) is 0 Å². The fourth-order valence-electron chi connectivity index (χ4n) is 1.46. The first-order valence-electron chi connectivity index (χ1n) is 5.65. The Bertz CT molecular complexity index is 615. The molecule has 0 saturated heterocycles. The van der Waals surface area contributed by atoms with Crippen molar-refractivity contribution in [3.63, 3.8) is 0 Å². The van der Waals surface area contributed by atoms with Gasteiger partial charge >= 0.3 is 6.01 Å². The van der Waals surface area contributed by atoms with E-state index in [1.807, 2.05) is 0 Å². The van der Waals surface area contributed by atoms with Gasteiger partial charge in [0.05, 0.1) is 18.1 Å². The van der Waals surface area contributed by atoms with Crippen LogP contribution in [-0.4, -0.2) is 22.0 Å². The normalized spacial score (nSPS) is 10.1. The summed E-state index contributed by atoms with van der Waals surface area (Å²) in [5.74, 6) is 0.518. The van der Waals surface area contributed by atoms with Gasteiger partial charge in [-0.25, -0.2) is 9.97 Å². The van der Waals surface area contributed by atoms with E-state index in [0.717, 1.165) is 5.56 Å². The summed E-state index contributed by atoms with van der Waals surface area (Å²) >= 11 is 0. The van der Waals surface area contributed by atoms with E-state index in [1.54, 1.807) is 0 Å². The van der Waals surface area contributed by atoms with Crippen LogP contribution >= 0.6 is 0 Å². The van der Waals surface area contributed by atoms with Gasteiger partial charge in [-0.15, -0.1) is 0 Å². The van der Waals surface area contributed by atoms with Crippen LogP contribution in [-0.2, 0) is 6.54 Å². The quantitative estimate of drug-likeness (QED) is 0.652. The molecule has 0 bridgehead atoms. The third-order valence-corrected chi connectivity index (χ3v) is 2.48. The Kier molecular flexibility index (Phi) is 4.06. The lowest BCUT2D eigenvalue weighted by molar-refractivity contribution is -0.384. The third kappa shape index (κ3) is 2.98. The number of benzene rings is 1. The summed E-state index contributed by atoms with van der Waals surface area (Å²) in [6.07, 6.45) is 3.04. The summed E-state index contributed by atoms with van der Waals surface area (Å²) in [5.41, 5.74) is 6.08. The van der Waals surface area contributed by atoms with Gasteiger partial charge in [0.25, 0.3) is 5.69 Å². The first kappa shape index (κ1) is 13.7. The fraction of sp³-hybridized carbons (Fsp3) is 0.167. The van der Waals surface area contributed by atoms with E-state index >= 15 is 0 Å². The largest absolute Gasteiger partial charge is 0.493 e. The van der Waals surface area contributed by atoms with Crippen molar-refractivity contribution < 1.29 is 14.4 Å². The molecule has 2 rings (SSSR count). The van der Waals surface area contributed by atoms with E-state index in [9.17, 15) is 10.1 Å². The van der Waals surface area contributed by atoms with Crippen molar-refractivity contribution in [1.29, 1.82) is 0 Å². The molecular formula is C12H12N4O4. The number of methoxy groups -OCH3 is 1. The molecule has 0 unspecified atom stereocenters. The molecule has 0 aliphatic carbocycles. The molecule has 0 spiro atoms. The minimum Gasteiger partial charge on any atom is -0.493 e. The number of rotatable bonds is 5. The number of hydrogen-bond acceptors (Lipinski definition) is 7. The van der Waals surface area contributed by atoms with Crippen LogP contribution in [0.2, 0.25) is 0 Å². The monoisotopic (exact) mass is 276 g/mol. The molecule has 8 heteroatoms. The third-order valence-electron chi connectivity index (χ3n) is 2.48. The minimum absolute atomic E-state index is 0.0565. The second kappa shape index (κ2) is 5.93. The van der Waals surface area contributed by atoms with Crippen LogP contribution in [0, 0.1) is 10.1 Å². The van der Waals surface area contributed by atoms with Gasteiger partial charge in [-0.2, -0.15) is 0 Å². The Morgan fingerprint density at radius 3 is 2.55 bits per heavy atom. The minimum atomic E-state index is -0.523. The van der Waals surface area contributed by atoms with E-state index in [-0.39, 0.29) is 17.4 Å². The second-order valence-corrected chi connectivity index (χ2v) is 3.77. The smallest absolute Gasteiger partial charge is 0.322 e. The number of non-ortho nitro benzene ring substituents is 1. The van der Waals surface area contributed by atoms with Crippen molar-refractivity contribution in [3.8, 4) is 17.5 Å². The summed E-state index contributed by atoms with van der Waals surface area (Å²) < 4.78 is 10.5. The van der Waals surface area contributed by atoms with Crippen molar-refractivity contribution in [1.82, 2.24) is 9.97 Å². The van der Waals surface area contributed by atoms with Crippen LogP contribution in [0.15, 0.2) is 30.6 Å². The van der Waals surface area contributed by atoms with Crippen LogP contribution < -0.4 is 15.2 Å². The maximum absolute atomic E-state index is 10.8. The van der Waals surface area contributed by atoms with Gasteiger partial charge in [-0.3, -0.25) is 10.1 Å². The number of aromatic nitrogens is 2. The zero-order valence-electron chi connectivity index (χ0n) is 10.6. The van der Waals surface area contributed by atoms with Gasteiger partial charge < -0.3 is 15.2 Å². The molecule has 8 nitrogen and oxygen atoms in total. The van der Waals surface area contributed by atoms with Crippen LogP contribution in [0.1, 0.15) is 5.56 Å². The second-order valence-electron chi connectivity index (χ2n) is 3.77. The number of nitro benzene ring substituents is 1. The first-order valence-corrected chi connectivity index (χ1v) is 5.65. The van der Waals surface area contributed by atoms with Gasteiger partial charge in [-0.1, -0.05) is 0 Å². The highest BCUT2D eigenvalue weighted by Crippen LogP contribution is 2.33. The molecule has 1 heterocycles. The summed E-state index contributed by atoms with van der Waals surface area (Å²) in [7, 11) is 1.44. The van der Waals surface area contributed by atoms with Crippen LogP contribution in [0.4, 0.5) is 5.69 Å². The molecular weight excluding hydrogens is 264 g/mol. The average Bonchev–Trinajstić information content (AvgIpc) is 2.48. The maximum atomic E-state index is 10.8. The molecule has 0 saturated carbocycles. The average molecular weight is 276 g/mol. The molecule has 0 fully saturated rings. The van der Waals surface area contributed by atoms with Crippen LogP contribution in [0.25, 0.3) is 0 Å². The van der Waals surface area contributed by atoms with Crippen LogP contribution in [0.5, 0.6) is 17.5 Å². The number of ether oxygens (including phenoxy) is 2. The predicted octanol–water partition coefficient (Wildman–Crippen LogP) is 1.64. The molecule has 1 aromatic heterocycles. The Labute approximate surface area is 114 Å². The zero-order valence-corrected chi connectivity index (χ0v) is 10.6. The van der Waals surface area contributed by atoms with Gasteiger partial charge in [0.2, 0.25) is 0 Å². The molecule has 2 aromatic rings. The van der Waals surface area contributed by atoms with Gasteiger partial charge in [0.1, 0.15) is 0 Å². The summed E-state index contributed by atoms with van der Waals surface area (Å²) in [4.78, 5) is 18.1. The van der Waals surface area contributed by atoms with Crippen molar-refractivity contribution in [3.05, 3.63) is 46.3 Å². The molecule has 1 aromatic carbocycles. The molecule has 20 heavy (non-hydrogen) atoms. The van der Waals surface area contributed by atoms with E-state index < -0.39 is 4.92 Å². The van der Waals surface area contributed by atoms with Gasteiger partial charge in [-0.05, 0) is 6.07 Å². The molecule has 0 amide bonds. The zero-order chi connectivity index (χ0) is 14.5. The lowest BCUT2D eigenvalue weighted by atomic mass is 10.3. The topological polar surface area (TPSA) is 113 Å². The van der Waals surface area contributed by atoms with Crippen molar-refractivity contribution in [2.75, 3.05) is 7.11 Å². The lowest BCUT2D eigenvalue weighted by Gasteiger charge is -2.08. The predicted molar refractivity (Wildman–Crippen MR) is 69.6 cm³/mol. The fourth-order valence-corrected chi connectivity index (χ4v) is 1.46. The highest BCUT2D eigenvalue weighted by Gasteiger charge is 2.14. The van der Waals surface area contributed by atoms with Crippen molar-refractivity contribution >= 4 is 5.69 Å². The number of nitrogens with two attached hydrogens (primary N) is 1. The number of nitrogens with zero attached hydrogens (tertiary/aromatic N) is 3. The van der Waals surface area contributed by atoms with E-state index in [2.05, 4.69) is 9.97 Å². The Morgan fingerprint density at radius 2 is 2.00 bits per heavy atom. The van der Waals surface area contributed by atoms with E-state index in [1.165, 1.54) is 37.7 Å².